The highest BCUT2D eigenvalue weighted by Crippen LogP contribution is 2.40. The summed E-state index contributed by atoms with van der Waals surface area (Å²) in [5.74, 6) is -5.99. The minimum absolute atomic E-state index is 0.0448. The lowest BCUT2D eigenvalue weighted by atomic mass is 9.74. The minimum atomic E-state index is -2.02. The van der Waals surface area contributed by atoms with E-state index >= 15 is 0 Å². The van der Waals surface area contributed by atoms with E-state index in [1.165, 1.54) is 35.0 Å². The van der Waals surface area contributed by atoms with Crippen molar-refractivity contribution >= 4 is 23.4 Å². The summed E-state index contributed by atoms with van der Waals surface area (Å²) in [5.41, 5.74) is -3.12. The Bertz CT molecular complexity index is 1410. The van der Waals surface area contributed by atoms with Gasteiger partial charge in [-0.25, -0.2) is 4.79 Å². The number of nitrogens with zero attached hydrogens (tertiary/aromatic N) is 2. The Morgan fingerprint density at radius 2 is 1.64 bits per heavy atom. The van der Waals surface area contributed by atoms with E-state index in [9.17, 15) is 29.7 Å². The first-order chi connectivity index (χ1) is 24.7. The fourth-order valence-electron chi connectivity index (χ4n) is 7.86. The molecule has 14 heteroatoms. The first kappa shape index (κ1) is 44.4. The molecule has 300 valence electrons. The third-order valence-corrected chi connectivity index (χ3v) is 11.2. The number of methoxy groups -OCH3 is 1. The number of carbonyl (C=O) groups is 3. The van der Waals surface area contributed by atoms with E-state index in [2.05, 4.69) is 5.16 Å². The van der Waals surface area contributed by atoms with E-state index in [-0.39, 0.29) is 36.5 Å². The predicted molar refractivity (Wildman–Crippen MR) is 196 cm³/mol. The predicted octanol–water partition coefficient (Wildman–Crippen LogP) is 3.12. The van der Waals surface area contributed by atoms with Crippen molar-refractivity contribution in [2.24, 2.45) is 28.8 Å². The van der Waals surface area contributed by atoms with E-state index < -0.39 is 83.6 Å². The number of likely N-dealkylation sites (N-methyl/N-ethyl adjacent to an activating group) is 1. The monoisotopic (exact) mass is 750 g/mol. The number of esters is 2. The van der Waals surface area contributed by atoms with Gasteiger partial charge in [0.25, 0.3) is 0 Å². The van der Waals surface area contributed by atoms with Gasteiger partial charge >= 0.3 is 11.9 Å². The molecular formula is C39H62N2O12. The van der Waals surface area contributed by atoms with Gasteiger partial charge in [0.05, 0.1) is 29.8 Å². The Morgan fingerprint density at radius 3 is 2.19 bits per heavy atom. The fraction of sp³-hybridized carbons (Fsp3) is 0.744. The van der Waals surface area contributed by atoms with Crippen molar-refractivity contribution in [2.45, 2.75) is 135 Å². The van der Waals surface area contributed by atoms with E-state index in [0.29, 0.717) is 12.0 Å². The van der Waals surface area contributed by atoms with Crippen LogP contribution in [0, 0.1) is 23.7 Å². The van der Waals surface area contributed by atoms with E-state index in [1.807, 2.05) is 25.9 Å². The third kappa shape index (κ3) is 10.0. The van der Waals surface area contributed by atoms with Crippen molar-refractivity contribution in [1.82, 2.24) is 4.90 Å². The second-order valence-electron chi connectivity index (χ2n) is 15.5. The molecule has 2 fully saturated rings. The molecule has 53 heavy (non-hydrogen) atoms. The van der Waals surface area contributed by atoms with Crippen LogP contribution in [0.3, 0.4) is 0 Å². The number of oxime groups is 1. The van der Waals surface area contributed by atoms with Crippen LogP contribution >= 0.6 is 0 Å². The maximum absolute atomic E-state index is 14.1. The molecule has 0 aliphatic carbocycles. The van der Waals surface area contributed by atoms with Crippen LogP contribution < -0.4 is 0 Å². The molecule has 2 aliphatic rings. The Hall–Kier alpha value is -2.98. The number of ketones is 1. The van der Waals surface area contributed by atoms with Gasteiger partial charge in [-0.3, -0.25) is 9.59 Å². The van der Waals surface area contributed by atoms with Gasteiger partial charge in [0.2, 0.25) is 0 Å². The molecule has 1 aromatic rings. The third-order valence-electron chi connectivity index (χ3n) is 11.2. The first-order valence-electron chi connectivity index (χ1n) is 18.5. The van der Waals surface area contributed by atoms with Crippen LogP contribution in [0.5, 0.6) is 0 Å². The molecule has 3 N–H and O–H groups in total. The molecule has 0 radical (unpaired) electrons. The summed E-state index contributed by atoms with van der Waals surface area (Å²) in [6.07, 6.45) is -7.12. The Balaban J connectivity index is 2.26. The van der Waals surface area contributed by atoms with Crippen molar-refractivity contribution in [1.29, 1.82) is 0 Å². The van der Waals surface area contributed by atoms with Crippen LogP contribution in [0.1, 0.15) is 80.2 Å². The van der Waals surface area contributed by atoms with Gasteiger partial charge in [0.1, 0.15) is 36.8 Å². The molecule has 0 bridgehead atoms. The van der Waals surface area contributed by atoms with Gasteiger partial charge in [-0.2, -0.15) is 0 Å². The van der Waals surface area contributed by atoms with Crippen LogP contribution in [-0.2, 0) is 42.9 Å². The normalized spacial score (nSPS) is 39.6. The van der Waals surface area contributed by atoms with Crippen LogP contribution in [0.4, 0.5) is 0 Å². The van der Waals surface area contributed by atoms with Gasteiger partial charge < -0.3 is 48.7 Å². The summed E-state index contributed by atoms with van der Waals surface area (Å²) in [5, 5.41) is 38.5. The molecule has 0 unspecified atom stereocenters. The lowest BCUT2D eigenvalue weighted by Crippen LogP contribution is -2.60. The van der Waals surface area contributed by atoms with Crippen molar-refractivity contribution in [3.63, 3.8) is 0 Å². The van der Waals surface area contributed by atoms with Gasteiger partial charge in [0, 0.05) is 36.5 Å². The average molecular weight is 751 g/mol. The van der Waals surface area contributed by atoms with E-state index in [1.54, 1.807) is 58.0 Å². The number of carbonyl (C=O) groups excluding carboxylic acids is 3. The van der Waals surface area contributed by atoms with Crippen molar-refractivity contribution in [2.75, 3.05) is 28.3 Å². The number of benzene rings is 1. The topological polar surface area (TPSA) is 183 Å². The molecule has 2 saturated heterocycles. The molecule has 3 rings (SSSR count). The number of ether oxygens (including phenoxy) is 5. The standard InChI is InChI=1S/C39H62N2O12/c1-13-28-39(8,47)33(44)23(4)30(42)21(2)20-38(7,48-11)34(53-37-31(43)27(41(9)10)19-22(3)50-37)24(5)32(25(6)35(45)51-28)52-36(46)29(40-49-12)26-17-15-14-16-18-26/h14-18,21-25,27-28,31-34,37,43-44,47H,13,19-20H2,1-12H3/b40-29+/t21-,22-,23-,24+,25-,27+,28+,31-,32-,33-,34-,37+,38+,39-/m1/s1. The minimum Gasteiger partial charge on any atom is -0.459 e. The Labute approximate surface area is 314 Å². The summed E-state index contributed by atoms with van der Waals surface area (Å²) in [6.45, 7) is 13.1. The molecule has 1 aromatic carbocycles. The SMILES string of the molecule is CC[C@@H]1OC(=O)[C@H](C)[C@H](OC(=O)/C(=N/OC)c2ccccc2)[C@H](C)[C@@H](O[C@@H]2O[C@H](C)C[C@H](N(C)C)[C@H]2O)[C@@](C)(OC)C[C@@H](C)C(=O)[C@@H](C)[C@@H](O)[C@]1(C)O. The average Bonchev–Trinajstić information content (AvgIpc) is 3.12. The Kier molecular flexibility index (Phi) is 15.6. The van der Waals surface area contributed by atoms with E-state index in [4.69, 9.17) is 28.5 Å². The number of hydrogen-bond donors (Lipinski definition) is 3. The number of hydrogen-bond acceptors (Lipinski definition) is 14. The summed E-state index contributed by atoms with van der Waals surface area (Å²) in [7, 11) is 6.45. The number of aliphatic hydroxyl groups is 3. The highest BCUT2D eigenvalue weighted by atomic mass is 16.7. The van der Waals surface area contributed by atoms with Gasteiger partial charge in [-0.05, 0) is 61.1 Å². The molecule has 14 nitrogen and oxygen atoms in total. The van der Waals surface area contributed by atoms with Crippen molar-refractivity contribution in [3.05, 3.63) is 35.9 Å². The molecule has 2 heterocycles. The molecule has 0 amide bonds. The zero-order valence-electron chi connectivity index (χ0n) is 33.3. The summed E-state index contributed by atoms with van der Waals surface area (Å²) < 4.78 is 31.2. The zero-order valence-corrected chi connectivity index (χ0v) is 33.3. The first-order valence-corrected chi connectivity index (χ1v) is 18.5. The highest BCUT2D eigenvalue weighted by molar-refractivity contribution is 6.43. The molecule has 2 aliphatic heterocycles. The lowest BCUT2D eigenvalue weighted by molar-refractivity contribution is -0.301. The number of aliphatic hydroxyl groups excluding tert-OH is 2. The zero-order chi connectivity index (χ0) is 40.0. The van der Waals surface area contributed by atoms with Crippen LogP contribution in [-0.4, -0.2) is 132 Å². The fourth-order valence-corrected chi connectivity index (χ4v) is 7.86. The Morgan fingerprint density at radius 1 is 1.02 bits per heavy atom. The number of cyclic esters (lactones) is 1. The molecular weight excluding hydrogens is 688 g/mol. The number of Topliss-reactive ketones (excluding diaryl/α,β-unsaturated/α-hetero) is 1. The van der Waals surface area contributed by atoms with Gasteiger partial charge in [-0.1, -0.05) is 63.2 Å². The van der Waals surface area contributed by atoms with Gasteiger partial charge in [-0.15, -0.1) is 0 Å². The maximum Gasteiger partial charge on any atom is 0.361 e. The van der Waals surface area contributed by atoms with E-state index in [0.717, 1.165) is 0 Å². The quantitative estimate of drug-likeness (QED) is 0.190. The largest absolute Gasteiger partial charge is 0.459 e. The molecule has 14 atom stereocenters. The smallest absolute Gasteiger partial charge is 0.361 e. The van der Waals surface area contributed by atoms with Crippen molar-refractivity contribution in [3.8, 4) is 0 Å². The highest BCUT2D eigenvalue weighted by Gasteiger charge is 2.53. The summed E-state index contributed by atoms with van der Waals surface area (Å²) in [4.78, 5) is 49.1. The summed E-state index contributed by atoms with van der Waals surface area (Å²) in [6, 6.07) is 8.20. The van der Waals surface area contributed by atoms with Crippen LogP contribution in [0.2, 0.25) is 0 Å². The summed E-state index contributed by atoms with van der Waals surface area (Å²) >= 11 is 0. The van der Waals surface area contributed by atoms with Crippen LogP contribution in [0.15, 0.2) is 35.5 Å². The molecule has 0 spiro atoms. The molecule has 0 saturated carbocycles. The van der Waals surface area contributed by atoms with Crippen molar-refractivity contribution < 1.29 is 58.2 Å². The lowest BCUT2D eigenvalue weighted by Gasteiger charge is -2.48. The molecule has 0 aromatic heterocycles. The second kappa shape index (κ2) is 18.6. The maximum atomic E-state index is 14.1. The van der Waals surface area contributed by atoms with Gasteiger partial charge in [0.15, 0.2) is 12.0 Å². The number of rotatable bonds is 9. The second-order valence-corrected chi connectivity index (χ2v) is 15.5. The van der Waals surface area contributed by atoms with Crippen LogP contribution in [0.25, 0.3) is 0 Å².